The predicted molar refractivity (Wildman–Crippen MR) is 63.9 cm³/mol. The molecule has 0 saturated carbocycles. The molecule has 0 unspecified atom stereocenters. The van der Waals surface area contributed by atoms with Crippen molar-refractivity contribution in [2.75, 3.05) is 12.3 Å². The standard InChI is InChI=1S/C9H21N3O3S/c1-4-7-16(14,15)12(8(2)3)6-5-9(10)11-13/h8,13H,4-7H2,1-3H3,(H2,10,11). The van der Waals surface area contributed by atoms with Crippen LogP contribution < -0.4 is 5.73 Å². The van der Waals surface area contributed by atoms with E-state index in [1.807, 2.05) is 6.92 Å². The second-order valence-corrected chi connectivity index (χ2v) is 5.90. The lowest BCUT2D eigenvalue weighted by atomic mass is 10.3. The highest BCUT2D eigenvalue weighted by atomic mass is 32.2. The number of hydrogen-bond acceptors (Lipinski definition) is 4. The van der Waals surface area contributed by atoms with Crippen LogP contribution in [0.5, 0.6) is 0 Å². The molecule has 0 aromatic carbocycles. The Kier molecular flexibility index (Phi) is 6.35. The highest BCUT2D eigenvalue weighted by Gasteiger charge is 2.23. The SMILES string of the molecule is CCCS(=O)(=O)N(CCC(N)=NO)C(C)C. The number of oxime groups is 1. The first-order valence-electron chi connectivity index (χ1n) is 5.31. The third-order valence-electron chi connectivity index (χ3n) is 2.11. The molecule has 0 saturated heterocycles. The molecule has 16 heavy (non-hydrogen) atoms. The molecule has 3 N–H and O–H groups in total. The van der Waals surface area contributed by atoms with Crippen LogP contribution in [-0.2, 0) is 10.0 Å². The second kappa shape index (κ2) is 6.70. The Bertz CT molecular complexity index is 325. The summed E-state index contributed by atoms with van der Waals surface area (Å²) in [7, 11) is -3.23. The molecular weight excluding hydrogens is 230 g/mol. The summed E-state index contributed by atoms with van der Waals surface area (Å²) in [5.41, 5.74) is 5.32. The van der Waals surface area contributed by atoms with Gasteiger partial charge in [-0.05, 0) is 20.3 Å². The molecule has 0 heterocycles. The molecule has 0 radical (unpaired) electrons. The third-order valence-corrected chi connectivity index (χ3v) is 4.36. The van der Waals surface area contributed by atoms with Crippen molar-refractivity contribution in [3.63, 3.8) is 0 Å². The van der Waals surface area contributed by atoms with Crippen molar-refractivity contribution in [3.8, 4) is 0 Å². The summed E-state index contributed by atoms with van der Waals surface area (Å²) in [6.45, 7) is 5.68. The summed E-state index contributed by atoms with van der Waals surface area (Å²) in [4.78, 5) is 0. The smallest absolute Gasteiger partial charge is 0.214 e. The number of nitrogens with zero attached hydrogens (tertiary/aromatic N) is 2. The minimum absolute atomic E-state index is 0.0392. The Morgan fingerprint density at radius 1 is 1.50 bits per heavy atom. The van der Waals surface area contributed by atoms with Gasteiger partial charge in [-0.2, -0.15) is 4.31 Å². The van der Waals surface area contributed by atoms with Crippen LogP contribution in [0.25, 0.3) is 0 Å². The highest BCUT2D eigenvalue weighted by molar-refractivity contribution is 7.89. The van der Waals surface area contributed by atoms with Crippen LogP contribution in [0.4, 0.5) is 0 Å². The molecule has 96 valence electrons. The molecule has 0 rings (SSSR count). The van der Waals surface area contributed by atoms with Crippen LogP contribution in [0, 0.1) is 0 Å². The van der Waals surface area contributed by atoms with E-state index in [2.05, 4.69) is 5.16 Å². The summed E-state index contributed by atoms with van der Waals surface area (Å²) in [6.07, 6.45) is 0.812. The molecule has 0 aliphatic carbocycles. The van der Waals surface area contributed by atoms with Crippen LogP contribution in [0.1, 0.15) is 33.6 Å². The van der Waals surface area contributed by atoms with Gasteiger partial charge in [0.25, 0.3) is 0 Å². The number of nitrogens with two attached hydrogens (primary N) is 1. The third kappa shape index (κ3) is 4.80. The Balaban J connectivity index is 4.63. The van der Waals surface area contributed by atoms with Gasteiger partial charge in [0.2, 0.25) is 10.0 Å². The van der Waals surface area contributed by atoms with Gasteiger partial charge in [-0.1, -0.05) is 12.1 Å². The fourth-order valence-corrected chi connectivity index (χ4v) is 3.13. The van der Waals surface area contributed by atoms with Crippen molar-refractivity contribution in [2.45, 2.75) is 39.7 Å². The van der Waals surface area contributed by atoms with E-state index < -0.39 is 10.0 Å². The van der Waals surface area contributed by atoms with E-state index >= 15 is 0 Å². The number of hydrogen-bond donors (Lipinski definition) is 2. The maximum atomic E-state index is 11.9. The average molecular weight is 251 g/mol. The molecule has 0 aliphatic rings. The summed E-state index contributed by atoms with van der Waals surface area (Å²) in [6, 6.07) is -0.122. The van der Waals surface area contributed by atoms with Gasteiger partial charge in [-0.25, -0.2) is 8.42 Å². The number of rotatable bonds is 7. The lowest BCUT2D eigenvalue weighted by Crippen LogP contribution is -2.40. The van der Waals surface area contributed by atoms with Crippen LogP contribution in [0.3, 0.4) is 0 Å². The zero-order chi connectivity index (χ0) is 12.8. The first-order valence-corrected chi connectivity index (χ1v) is 6.92. The van der Waals surface area contributed by atoms with Crippen molar-refractivity contribution in [2.24, 2.45) is 10.9 Å². The molecule has 0 bridgehead atoms. The summed E-state index contributed by atoms with van der Waals surface area (Å²) in [5, 5.41) is 11.2. The Labute approximate surface area is 97.2 Å². The Morgan fingerprint density at radius 3 is 2.44 bits per heavy atom. The fraction of sp³-hybridized carbons (Fsp3) is 0.889. The average Bonchev–Trinajstić information content (AvgIpc) is 2.16. The van der Waals surface area contributed by atoms with E-state index in [1.54, 1.807) is 13.8 Å². The Morgan fingerprint density at radius 2 is 2.06 bits per heavy atom. The molecule has 0 aliphatic heterocycles. The highest BCUT2D eigenvalue weighted by Crippen LogP contribution is 2.09. The normalized spacial score (nSPS) is 13.7. The molecule has 0 atom stereocenters. The number of amidine groups is 1. The van der Waals surface area contributed by atoms with Gasteiger partial charge in [0, 0.05) is 19.0 Å². The van der Waals surface area contributed by atoms with Gasteiger partial charge in [-0.15, -0.1) is 0 Å². The molecule has 0 spiro atoms. The van der Waals surface area contributed by atoms with Crippen LogP contribution in [0.15, 0.2) is 5.16 Å². The fourth-order valence-electron chi connectivity index (χ4n) is 1.37. The topological polar surface area (TPSA) is 96.0 Å². The lowest BCUT2D eigenvalue weighted by Gasteiger charge is -2.25. The summed E-state index contributed by atoms with van der Waals surface area (Å²) < 4.78 is 25.1. The van der Waals surface area contributed by atoms with Crippen molar-refractivity contribution >= 4 is 15.9 Å². The largest absolute Gasteiger partial charge is 0.409 e. The lowest BCUT2D eigenvalue weighted by molar-refractivity contribution is 0.313. The van der Waals surface area contributed by atoms with E-state index in [0.29, 0.717) is 6.42 Å². The van der Waals surface area contributed by atoms with E-state index in [4.69, 9.17) is 10.9 Å². The van der Waals surface area contributed by atoms with Crippen LogP contribution in [0.2, 0.25) is 0 Å². The summed E-state index contributed by atoms with van der Waals surface area (Å²) in [5.74, 6) is 0.166. The Hall–Kier alpha value is -0.820. The van der Waals surface area contributed by atoms with E-state index in [-0.39, 0.29) is 30.6 Å². The van der Waals surface area contributed by atoms with E-state index in [1.165, 1.54) is 4.31 Å². The van der Waals surface area contributed by atoms with Crippen molar-refractivity contribution in [1.29, 1.82) is 0 Å². The predicted octanol–water partition coefficient (Wildman–Crippen LogP) is 0.573. The first kappa shape index (κ1) is 15.2. The monoisotopic (exact) mass is 251 g/mol. The molecule has 6 nitrogen and oxygen atoms in total. The minimum Gasteiger partial charge on any atom is -0.409 e. The van der Waals surface area contributed by atoms with Crippen molar-refractivity contribution in [3.05, 3.63) is 0 Å². The van der Waals surface area contributed by atoms with Gasteiger partial charge in [-0.3, -0.25) is 0 Å². The van der Waals surface area contributed by atoms with Gasteiger partial charge in [0.15, 0.2) is 0 Å². The zero-order valence-electron chi connectivity index (χ0n) is 10.0. The molecule has 0 amide bonds. The number of sulfonamides is 1. The first-order chi connectivity index (χ1) is 7.35. The quantitative estimate of drug-likeness (QED) is 0.299. The minimum atomic E-state index is -3.23. The maximum Gasteiger partial charge on any atom is 0.214 e. The molecular formula is C9H21N3O3S. The molecule has 0 aromatic rings. The van der Waals surface area contributed by atoms with E-state index in [9.17, 15) is 8.42 Å². The molecule has 0 fully saturated rings. The van der Waals surface area contributed by atoms with Crippen LogP contribution >= 0.6 is 0 Å². The molecule has 0 aromatic heterocycles. The molecule has 7 heteroatoms. The van der Waals surface area contributed by atoms with Gasteiger partial charge in [0.1, 0.15) is 5.84 Å². The van der Waals surface area contributed by atoms with E-state index in [0.717, 1.165) is 0 Å². The van der Waals surface area contributed by atoms with Gasteiger partial charge >= 0.3 is 0 Å². The zero-order valence-corrected chi connectivity index (χ0v) is 10.9. The summed E-state index contributed by atoms with van der Waals surface area (Å²) >= 11 is 0. The maximum absolute atomic E-state index is 11.9. The van der Waals surface area contributed by atoms with Crippen molar-refractivity contribution < 1.29 is 13.6 Å². The van der Waals surface area contributed by atoms with Crippen LogP contribution in [-0.4, -0.2) is 42.1 Å². The van der Waals surface area contributed by atoms with Gasteiger partial charge in [0.05, 0.1) is 5.75 Å². The van der Waals surface area contributed by atoms with Gasteiger partial charge < -0.3 is 10.9 Å². The second-order valence-electron chi connectivity index (χ2n) is 3.86. The van der Waals surface area contributed by atoms with Crippen molar-refractivity contribution in [1.82, 2.24) is 4.31 Å².